The molecule has 1 N–H and O–H groups in total. The Morgan fingerprint density at radius 2 is 1.89 bits per heavy atom. The van der Waals surface area contributed by atoms with Gasteiger partial charge in [-0.05, 0) is 38.2 Å². The lowest BCUT2D eigenvalue weighted by Crippen LogP contribution is -2.32. The summed E-state index contributed by atoms with van der Waals surface area (Å²) in [4.78, 5) is 19.8. The van der Waals surface area contributed by atoms with Crippen molar-refractivity contribution in [3.8, 4) is 11.1 Å². The van der Waals surface area contributed by atoms with Crippen molar-refractivity contribution in [2.75, 3.05) is 18.0 Å². The van der Waals surface area contributed by atoms with Crippen LogP contribution in [0.25, 0.3) is 11.1 Å². The van der Waals surface area contributed by atoms with Gasteiger partial charge in [-0.15, -0.1) is 0 Å². The highest BCUT2D eigenvalue weighted by Crippen LogP contribution is 2.42. The molecule has 2 aromatic rings. The van der Waals surface area contributed by atoms with Crippen LogP contribution in [0.5, 0.6) is 0 Å². The zero-order chi connectivity index (χ0) is 18.8. The smallest absolute Gasteiger partial charge is 0.338 e. The Morgan fingerprint density at radius 3 is 2.56 bits per heavy atom. The molecule has 1 fully saturated rings. The topological polar surface area (TPSA) is 53.4 Å². The lowest BCUT2D eigenvalue weighted by atomic mass is 9.81. The van der Waals surface area contributed by atoms with Gasteiger partial charge in [0.1, 0.15) is 5.82 Å². The van der Waals surface area contributed by atoms with Gasteiger partial charge >= 0.3 is 5.97 Å². The molecule has 2 aliphatic rings. The summed E-state index contributed by atoms with van der Waals surface area (Å²) in [6.45, 7) is 4.07. The lowest BCUT2D eigenvalue weighted by Gasteiger charge is -2.33. The summed E-state index contributed by atoms with van der Waals surface area (Å²) in [7, 11) is 0. The number of carboxylic acid groups (broad SMARTS) is 1. The lowest BCUT2D eigenvalue weighted by molar-refractivity contribution is 0.0695. The predicted molar refractivity (Wildman–Crippen MR) is 109 cm³/mol. The van der Waals surface area contributed by atoms with E-state index in [9.17, 15) is 9.90 Å². The van der Waals surface area contributed by atoms with Crippen molar-refractivity contribution in [3.05, 3.63) is 47.2 Å². The standard InChI is InChI=1S/C23H28N2O2/c1-2-25-15-9-14-18-19(16-10-5-3-6-11-16)20(23(26)27)21(24-22(18)25)17-12-7-4-8-13-17/h3,5-6,10-11,17H,2,4,7-9,12-15H2,1H3,(H,26,27). The van der Waals surface area contributed by atoms with E-state index in [0.717, 1.165) is 67.0 Å². The summed E-state index contributed by atoms with van der Waals surface area (Å²) in [6.07, 6.45) is 7.62. The van der Waals surface area contributed by atoms with Gasteiger partial charge in [0.2, 0.25) is 0 Å². The van der Waals surface area contributed by atoms with Crippen LogP contribution >= 0.6 is 0 Å². The molecule has 2 heterocycles. The molecule has 0 saturated heterocycles. The Labute approximate surface area is 161 Å². The fourth-order valence-corrected chi connectivity index (χ4v) is 4.80. The normalized spacial score (nSPS) is 17.6. The maximum atomic E-state index is 12.4. The Morgan fingerprint density at radius 1 is 1.15 bits per heavy atom. The van der Waals surface area contributed by atoms with E-state index in [1.807, 2.05) is 30.3 Å². The van der Waals surface area contributed by atoms with Crippen molar-refractivity contribution < 1.29 is 9.90 Å². The Balaban J connectivity index is 2.00. The molecule has 0 unspecified atom stereocenters. The van der Waals surface area contributed by atoms with Crippen LogP contribution in [0, 0.1) is 0 Å². The third-order valence-electron chi connectivity index (χ3n) is 6.11. The number of carbonyl (C=O) groups is 1. The second kappa shape index (κ2) is 7.71. The molecule has 4 heteroatoms. The van der Waals surface area contributed by atoms with Crippen LogP contribution in [0.4, 0.5) is 5.82 Å². The molecule has 1 aliphatic heterocycles. The first-order chi connectivity index (χ1) is 13.2. The van der Waals surface area contributed by atoms with Crippen molar-refractivity contribution in [2.45, 2.75) is 57.8 Å². The van der Waals surface area contributed by atoms with Crippen molar-refractivity contribution in [1.29, 1.82) is 0 Å². The van der Waals surface area contributed by atoms with Crippen molar-refractivity contribution in [3.63, 3.8) is 0 Å². The number of anilines is 1. The predicted octanol–water partition coefficient (Wildman–Crippen LogP) is 5.27. The summed E-state index contributed by atoms with van der Waals surface area (Å²) in [6, 6.07) is 10.1. The second-order valence-corrected chi connectivity index (χ2v) is 7.74. The molecule has 1 aromatic heterocycles. The van der Waals surface area contributed by atoms with Crippen molar-refractivity contribution in [2.24, 2.45) is 0 Å². The number of nitrogens with zero attached hydrogens (tertiary/aromatic N) is 2. The van der Waals surface area contributed by atoms with Gasteiger partial charge in [0.15, 0.2) is 0 Å². The van der Waals surface area contributed by atoms with Crippen molar-refractivity contribution >= 4 is 11.8 Å². The number of benzene rings is 1. The second-order valence-electron chi connectivity index (χ2n) is 7.74. The number of hydrogen-bond acceptors (Lipinski definition) is 3. The monoisotopic (exact) mass is 364 g/mol. The van der Waals surface area contributed by atoms with Crippen LogP contribution in [-0.4, -0.2) is 29.1 Å². The molecule has 0 amide bonds. The first kappa shape index (κ1) is 18.0. The van der Waals surface area contributed by atoms with E-state index < -0.39 is 5.97 Å². The maximum absolute atomic E-state index is 12.4. The number of fused-ring (bicyclic) bond motifs is 1. The fraction of sp³-hybridized carbons (Fsp3) is 0.478. The summed E-state index contributed by atoms with van der Waals surface area (Å²) >= 11 is 0. The van der Waals surface area contributed by atoms with E-state index in [4.69, 9.17) is 4.98 Å². The molecule has 1 aromatic carbocycles. The molecular weight excluding hydrogens is 336 g/mol. The zero-order valence-electron chi connectivity index (χ0n) is 16.1. The van der Waals surface area contributed by atoms with E-state index in [-0.39, 0.29) is 5.92 Å². The van der Waals surface area contributed by atoms with Crippen LogP contribution in [-0.2, 0) is 6.42 Å². The van der Waals surface area contributed by atoms with E-state index in [2.05, 4.69) is 11.8 Å². The van der Waals surface area contributed by atoms with E-state index >= 15 is 0 Å². The molecule has 1 saturated carbocycles. The van der Waals surface area contributed by atoms with Gasteiger partial charge in [0.25, 0.3) is 0 Å². The zero-order valence-corrected chi connectivity index (χ0v) is 16.1. The molecule has 0 atom stereocenters. The quantitative estimate of drug-likeness (QED) is 0.803. The van der Waals surface area contributed by atoms with Gasteiger partial charge in [-0.3, -0.25) is 0 Å². The maximum Gasteiger partial charge on any atom is 0.338 e. The fourth-order valence-electron chi connectivity index (χ4n) is 4.80. The highest BCUT2D eigenvalue weighted by molar-refractivity contribution is 5.99. The minimum Gasteiger partial charge on any atom is -0.478 e. The molecule has 27 heavy (non-hydrogen) atoms. The van der Waals surface area contributed by atoms with Gasteiger partial charge < -0.3 is 10.0 Å². The molecule has 142 valence electrons. The van der Waals surface area contributed by atoms with Gasteiger partial charge in [0.05, 0.1) is 11.3 Å². The average molecular weight is 364 g/mol. The van der Waals surface area contributed by atoms with Crippen molar-refractivity contribution in [1.82, 2.24) is 4.98 Å². The molecule has 1 aliphatic carbocycles. The first-order valence-corrected chi connectivity index (χ1v) is 10.3. The van der Waals surface area contributed by atoms with Crippen LogP contribution in [0.15, 0.2) is 30.3 Å². The molecule has 0 radical (unpaired) electrons. The number of hydrogen-bond donors (Lipinski definition) is 1. The summed E-state index contributed by atoms with van der Waals surface area (Å²) in [5, 5.41) is 10.2. The number of carboxylic acids is 1. The summed E-state index contributed by atoms with van der Waals surface area (Å²) < 4.78 is 0. The third-order valence-corrected chi connectivity index (χ3v) is 6.11. The largest absolute Gasteiger partial charge is 0.478 e. The third kappa shape index (κ3) is 3.33. The Bertz CT molecular complexity index is 826. The number of rotatable bonds is 4. The van der Waals surface area contributed by atoms with Crippen LogP contribution in [0.2, 0.25) is 0 Å². The van der Waals surface area contributed by atoms with E-state index in [0.29, 0.717) is 5.56 Å². The highest BCUT2D eigenvalue weighted by atomic mass is 16.4. The number of aromatic nitrogens is 1. The van der Waals surface area contributed by atoms with Gasteiger partial charge in [-0.2, -0.15) is 0 Å². The molecule has 0 spiro atoms. The number of pyridine rings is 1. The Hall–Kier alpha value is -2.36. The summed E-state index contributed by atoms with van der Waals surface area (Å²) in [5.74, 6) is 0.449. The highest BCUT2D eigenvalue weighted by Gasteiger charge is 2.32. The van der Waals surface area contributed by atoms with E-state index in [1.54, 1.807) is 0 Å². The minimum atomic E-state index is -0.835. The molecule has 0 bridgehead atoms. The van der Waals surface area contributed by atoms with Gasteiger partial charge in [0, 0.05) is 30.1 Å². The molecular formula is C23H28N2O2. The molecule has 4 rings (SSSR count). The molecule has 4 nitrogen and oxygen atoms in total. The van der Waals surface area contributed by atoms with Crippen LogP contribution in [0.1, 0.15) is 73.0 Å². The van der Waals surface area contributed by atoms with E-state index in [1.165, 1.54) is 19.3 Å². The Kier molecular flexibility index (Phi) is 5.15. The summed E-state index contributed by atoms with van der Waals surface area (Å²) in [5.41, 5.74) is 4.30. The van der Waals surface area contributed by atoms with Gasteiger partial charge in [-0.25, -0.2) is 9.78 Å². The van der Waals surface area contributed by atoms with Gasteiger partial charge in [-0.1, -0.05) is 49.6 Å². The average Bonchev–Trinajstić information content (AvgIpc) is 2.73. The minimum absolute atomic E-state index is 0.262. The SMILES string of the molecule is CCN1CCCc2c1nc(C1CCCCC1)c(C(=O)O)c2-c1ccccc1. The van der Waals surface area contributed by atoms with Crippen LogP contribution < -0.4 is 4.90 Å². The number of aromatic carboxylic acids is 1. The first-order valence-electron chi connectivity index (χ1n) is 10.3. The van der Waals surface area contributed by atoms with Crippen LogP contribution in [0.3, 0.4) is 0 Å².